The first kappa shape index (κ1) is 19.9. The molecule has 5 nitrogen and oxygen atoms in total. The Bertz CT molecular complexity index is 1360. The van der Waals surface area contributed by atoms with E-state index in [0.717, 1.165) is 15.8 Å². The Morgan fingerprint density at radius 1 is 1.16 bits per heavy atom. The Balaban J connectivity index is 1.68. The first-order chi connectivity index (χ1) is 14.9. The van der Waals surface area contributed by atoms with E-state index in [4.69, 9.17) is 11.6 Å². The van der Waals surface area contributed by atoms with E-state index in [2.05, 4.69) is 4.98 Å². The van der Waals surface area contributed by atoms with E-state index in [0.29, 0.717) is 20.6 Å². The molecule has 1 aliphatic heterocycles. The summed E-state index contributed by atoms with van der Waals surface area (Å²) in [7, 11) is 0. The lowest BCUT2D eigenvalue weighted by Crippen LogP contribution is -2.30. The number of aliphatic hydroxyl groups is 1. The molecule has 0 unspecified atom stereocenters. The minimum Gasteiger partial charge on any atom is -0.503 e. The number of anilines is 1. The number of aromatic nitrogens is 1. The van der Waals surface area contributed by atoms with Crippen LogP contribution in [0.3, 0.4) is 0 Å². The van der Waals surface area contributed by atoms with Crippen LogP contribution in [0.15, 0.2) is 71.3 Å². The van der Waals surface area contributed by atoms with Gasteiger partial charge in [0.25, 0.3) is 5.91 Å². The zero-order valence-electron chi connectivity index (χ0n) is 16.2. The van der Waals surface area contributed by atoms with Crippen molar-refractivity contribution in [1.82, 2.24) is 4.98 Å². The second-order valence-corrected chi connectivity index (χ2v) is 9.56. The predicted octanol–water partition coefficient (Wildman–Crippen LogP) is 6.10. The molecule has 5 rings (SSSR count). The topological polar surface area (TPSA) is 70.5 Å². The molecule has 1 amide bonds. The molecule has 0 spiro atoms. The Morgan fingerprint density at radius 2 is 1.94 bits per heavy atom. The van der Waals surface area contributed by atoms with Gasteiger partial charge in [0.15, 0.2) is 10.9 Å². The van der Waals surface area contributed by atoms with Gasteiger partial charge in [0, 0.05) is 5.02 Å². The van der Waals surface area contributed by atoms with E-state index in [1.807, 2.05) is 25.1 Å². The molecule has 1 atom stereocenters. The zero-order valence-corrected chi connectivity index (χ0v) is 18.6. The molecule has 0 saturated heterocycles. The van der Waals surface area contributed by atoms with Crippen LogP contribution in [0.25, 0.3) is 10.2 Å². The molecule has 31 heavy (non-hydrogen) atoms. The highest BCUT2D eigenvalue weighted by Crippen LogP contribution is 2.44. The number of fused-ring (bicyclic) bond motifs is 1. The fraction of sp³-hybridized carbons (Fsp3) is 0.0870. The van der Waals surface area contributed by atoms with Gasteiger partial charge in [-0.3, -0.25) is 14.5 Å². The number of rotatable bonds is 4. The number of Topliss-reactive ketones (excluding diaryl/α,β-unsaturated/α-hetero) is 1. The normalized spacial score (nSPS) is 16.5. The van der Waals surface area contributed by atoms with Crippen LogP contribution in [0.1, 0.15) is 26.8 Å². The maximum atomic E-state index is 13.3. The van der Waals surface area contributed by atoms with E-state index in [9.17, 15) is 14.7 Å². The lowest BCUT2D eigenvalue weighted by molar-refractivity contribution is -0.117. The van der Waals surface area contributed by atoms with Gasteiger partial charge in [-0.25, -0.2) is 4.98 Å². The van der Waals surface area contributed by atoms with E-state index < -0.39 is 17.7 Å². The van der Waals surface area contributed by atoms with Gasteiger partial charge >= 0.3 is 0 Å². The van der Waals surface area contributed by atoms with Crippen molar-refractivity contribution in [1.29, 1.82) is 0 Å². The van der Waals surface area contributed by atoms with Crippen molar-refractivity contribution in [3.05, 3.63) is 92.3 Å². The summed E-state index contributed by atoms with van der Waals surface area (Å²) in [5.41, 5.74) is 2.55. The number of nitrogens with zero attached hydrogens (tertiary/aromatic N) is 2. The molecule has 2 aromatic heterocycles. The molecule has 2 aromatic carbocycles. The average Bonchev–Trinajstić information content (AvgIpc) is 3.47. The van der Waals surface area contributed by atoms with Crippen LogP contribution in [0.5, 0.6) is 0 Å². The quantitative estimate of drug-likeness (QED) is 0.369. The molecule has 154 valence electrons. The van der Waals surface area contributed by atoms with Gasteiger partial charge < -0.3 is 5.11 Å². The van der Waals surface area contributed by atoms with Gasteiger partial charge in [0.1, 0.15) is 0 Å². The van der Waals surface area contributed by atoms with Gasteiger partial charge in [-0.05, 0) is 53.8 Å². The molecular formula is C23H15ClN2O3S2. The molecule has 3 heterocycles. The summed E-state index contributed by atoms with van der Waals surface area (Å²) in [5, 5.41) is 13.5. The summed E-state index contributed by atoms with van der Waals surface area (Å²) >= 11 is 8.67. The highest BCUT2D eigenvalue weighted by atomic mass is 35.5. The lowest BCUT2D eigenvalue weighted by Gasteiger charge is -2.24. The average molecular weight is 467 g/mol. The molecule has 0 fully saturated rings. The Kier molecular flexibility index (Phi) is 4.89. The van der Waals surface area contributed by atoms with Crippen molar-refractivity contribution in [3.8, 4) is 0 Å². The van der Waals surface area contributed by atoms with Crippen LogP contribution in [-0.4, -0.2) is 21.8 Å². The number of aliphatic hydroxyl groups excluding tert-OH is 1. The number of hydrogen-bond acceptors (Lipinski definition) is 6. The molecule has 4 aromatic rings. The SMILES string of the molecule is Cc1ccc2nc(N3C(=O)C(O)=C(C(=O)c4cccs4)[C@@H]3c3ccc(Cl)cc3)sc2c1. The predicted molar refractivity (Wildman–Crippen MR) is 124 cm³/mol. The summed E-state index contributed by atoms with van der Waals surface area (Å²) in [4.78, 5) is 33.0. The van der Waals surface area contributed by atoms with Crippen molar-refractivity contribution in [3.63, 3.8) is 0 Å². The monoisotopic (exact) mass is 466 g/mol. The van der Waals surface area contributed by atoms with Crippen LogP contribution in [-0.2, 0) is 4.79 Å². The first-order valence-corrected chi connectivity index (χ1v) is 11.5. The van der Waals surface area contributed by atoms with Crippen LogP contribution in [0.4, 0.5) is 5.13 Å². The van der Waals surface area contributed by atoms with Gasteiger partial charge in [-0.15, -0.1) is 11.3 Å². The fourth-order valence-corrected chi connectivity index (χ4v) is 5.55. The number of carbonyl (C=O) groups is 2. The second-order valence-electron chi connectivity index (χ2n) is 7.17. The van der Waals surface area contributed by atoms with Crippen LogP contribution in [0, 0.1) is 6.92 Å². The van der Waals surface area contributed by atoms with E-state index in [1.165, 1.54) is 27.6 Å². The zero-order chi connectivity index (χ0) is 21.7. The molecule has 0 saturated carbocycles. The maximum absolute atomic E-state index is 13.3. The van der Waals surface area contributed by atoms with Crippen LogP contribution >= 0.6 is 34.3 Å². The summed E-state index contributed by atoms with van der Waals surface area (Å²) < 4.78 is 0.926. The van der Waals surface area contributed by atoms with E-state index in [1.54, 1.807) is 41.8 Å². The van der Waals surface area contributed by atoms with Crippen molar-refractivity contribution < 1.29 is 14.7 Å². The highest BCUT2D eigenvalue weighted by Gasteiger charge is 2.46. The third-order valence-corrected chi connectivity index (χ3v) is 7.26. The first-order valence-electron chi connectivity index (χ1n) is 9.41. The summed E-state index contributed by atoms with van der Waals surface area (Å²) in [6, 6.07) is 15.4. The van der Waals surface area contributed by atoms with Gasteiger partial charge in [-0.1, -0.05) is 47.2 Å². The fourth-order valence-electron chi connectivity index (χ4n) is 3.66. The highest BCUT2D eigenvalue weighted by molar-refractivity contribution is 7.22. The van der Waals surface area contributed by atoms with Gasteiger partial charge in [0.2, 0.25) is 5.78 Å². The number of thiazole rings is 1. The Morgan fingerprint density at radius 3 is 2.65 bits per heavy atom. The van der Waals surface area contributed by atoms with Crippen molar-refractivity contribution in [2.24, 2.45) is 0 Å². The number of amides is 1. The van der Waals surface area contributed by atoms with Crippen molar-refractivity contribution in [2.45, 2.75) is 13.0 Å². The number of aryl methyl sites for hydroxylation is 1. The molecule has 0 bridgehead atoms. The standard InChI is InChI=1S/C23H15ClN2O3S2/c1-12-4-9-15-17(11-12)31-23(25-15)26-19(13-5-7-14(24)8-6-13)18(21(28)22(26)29)20(27)16-3-2-10-30-16/h2-11,19,28H,1H3/t19-/m0/s1. The van der Waals surface area contributed by atoms with Crippen molar-refractivity contribution >= 4 is 61.3 Å². The number of hydrogen-bond donors (Lipinski definition) is 1. The van der Waals surface area contributed by atoms with E-state index in [-0.39, 0.29) is 11.4 Å². The summed E-state index contributed by atoms with van der Waals surface area (Å²) in [5.74, 6) is -1.57. The molecular weight excluding hydrogens is 452 g/mol. The minimum atomic E-state index is -0.805. The number of thiophene rings is 1. The van der Waals surface area contributed by atoms with E-state index >= 15 is 0 Å². The minimum absolute atomic E-state index is 0.0465. The largest absolute Gasteiger partial charge is 0.503 e. The third-order valence-electron chi connectivity index (χ3n) is 5.12. The maximum Gasteiger partial charge on any atom is 0.296 e. The van der Waals surface area contributed by atoms with Crippen LogP contribution < -0.4 is 4.90 Å². The van der Waals surface area contributed by atoms with Crippen LogP contribution in [0.2, 0.25) is 5.02 Å². The van der Waals surface area contributed by atoms with Gasteiger partial charge in [-0.2, -0.15) is 0 Å². The molecule has 8 heteroatoms. The smallest absolute Gasteiger partial charge is 0.296 e. The number of halogens is 1. The van der Waals surface area contributed by atoms with Crippen molar-refractivity contribution in [2.75, 3.05) is 4.90 Å². The third kappa shape index (κ3) is 3.35. The van der Waals surface area contributed by atoms with Gasteiger partial charge in [0.05, 0.1) is 26.7 Å². The lowest BCUT2D eigenvalue weighted by atomic mass is 9.95. The molecule has 0 radical (unpaired) electrons. The Labute approximate surface area is 190 Å². The summed E-state index contributed by atoms with van der Waals surface area (Å²) in [6.45, 7) is 1.99. The number of carbonyl (C=O) groups excluding carboxylic acids is 2. The molecule has 0 aliphatic carbocycles. The second kappa shape index (κ2) is 7.60. The summed E-state index contributed by atoms with van der Waals surface area (Å²) in [6.07, 6.45) is 0. The molecule has 1 N–H and O–H groups in total. The molecule has 1 aliphatic rings. The Hall–Kier alpha value is -3.00. The number of ketones is 1. The number of benzene rings is 2.